The van der Waals surface area contributed by atoms with Crippen LogP contribution in [0.1, 0.15) is 31.9 Å². The van der Waals surface area contributed by atoms with E-state index < -0.39 is 23.3 Å². The molecule has 3 aromatic rings. The molecule has 0 aliphatic carbocycles. The Bertz CT molecular complexity index is 1160. The van der Waals surface area contributed by atoms with Crippen molar-refractivity contribution < 1.29 is 18.7 Å². The minimum absolute atomic E-state index is 0.000813. The van der Waals surface area contributed by atoms with E-state index in [0.29, 0.717) is 21.4 Å². The lowest BCUT2D eigenvalue weighted by atomic mass is 10.0. The summed E-state index contributed by atoms with van der Waals surface area (Å²) in [4.78, 5) is 28.5. The van der Waals surface area contributed by atoms with E-state index in [-0.39, 0.29) is 25.5 Å². The Balaban J connectivity index is 1.97. The highest BCUT2D eigenvalue weighted by atomic mass is 35.5. The minimum atomic E-state index is -0.872. The number of carbonyl (C=O) groups excluding carboxylic acids is 2. The van der Waals surface area contributed by atoms with E-state index in [1.54, 1.807) is 18.2 Å². The van der Waals surface area contributed by atoms with Crippen molar-refractivity contribution in [1.82, 2.24) is 10.2 Å². The largest absolute Gasteiger partial charge is 0.484 e. The molecule has 5 nitrogen and oxygen atoms in total. The molecule has 190 valence electrons. The summed E-state index contributed by atoms with van der Waals surface area (Å²) in [7, 11) is 0. The number of hydrogen-bond donors (Lipinski definition) is 1. The first kappa shape index (κ1) is 27.5. The molecule has 0 heterocycles. The highest BCUT2D eigenvalue weighted by Crippen LogP contribution is 2.27. The van der Waals surface area contributed by atoms with Gasteiger partial charge < -0.3 is 15.0 Å². The number of nitrogens with one attached hydrogen (secondary N) is 1. The molecular weight excluding hydrogens is 502 g/mol. The molecule has 8 heteroatoms. The van der Waals surface area contributed by atoms with Crippen LogP contribution in [0, 0.1) is 5.82 Å². The van der Waals surface area contributed by atoms with Crippen LogP contribution in [0.3, 0.4) is 0 Å². The van der Waals surface area contributed by atoms with Gasteiger partial charge in [0.2, 0.25) is 5.91 Å². The average molecular weight is 531 g/mol. The van der Waals surface area contributed by atoms with Crippen molar-refractivity contribution in [2.45, 2.75) is 45.3 Å². The van der Waals surface area contributed by atoms with E-state index >= 15 is 0 Å². The second-order valence-electron chi connectivity index (χ2n) is 9.41. The molecule has 0 radical (unpaired) electrons. The van der Waals surface area contributed by atoms with E-state index in [9.17, 15) is 14.0 Å². The third-order valence-corrected chi connectivity index (χ3v) is 6.04. The number of benzene rings is 3. The number of nitrogens with zero attached hydrogens (tertiary/aromatic N) is 1. The first-order valence-corrected chi connectivity index (χ1v) is 12.3. The third-order valence-electron chi connectivity index (χ3n) is 5.34. The summed E-state index contributed by atoms with van der Waals surface area (Å²) < 4.78 is 18.9. The summed E-state index contributed by atoms with van der Waals surface area (Å²) in [6, 6.07) is 19.0. The Morgan fingerprint density at radius 2 is 1.56 bits per heavy atom. The van der Waals surface area contributed by atoms with E-state index in [1.165, 1.54) is 29.2 Å². The maximum Gasteiger partial charge on any atom is 0.261 e. The number of ether oxygens (including phenoxy) is 1. The first-order valence-electron chi connectivity index (χ1n) is 11.5. The first-order chi connectivity index (χ1) is 17.0. The highest BCUT2D eigenvalue weighted by molar-refractivity contribution is 6.36. The summed E-state index contributed by atoms with van der Waals surface area (Å²) in [5.41, 5.74) is 0.888. The van der Waals surface area contributed by atoms with Gasteiger partial charge in [-0.2, -0.15) is 0 Å². The zero-order valence-electron chi connectivity index (χ0n) is 20.4. The van der Waals surface area contributed by atoms with Crippen molar-refractivity contribution in [3.8, 4) is 5.75 Å². The molecule has 1 N–H and O–H groups in total. The lowest BCUT2D eigenvalue weighted by Gasteiger charge is -2.34. The monoisotopic (exact) mass is 530 g/mol. The fourth-order valence-corrected chi connectivity index (χ4v) is 4.14. The quantitative estimate of drug-likeness (QED) is 0.365. The standard InChI is InChI=1S/C28H29Cl2FN2O3/c1-28(2,3)32-27(35)25(16-19-8-5-4-6-9-19)33(17-22-23(29)10-7-11-24(22)30)26(34)18-36-21-14-12-20(31)13-15-21/h4-15,25H,16-18H2,1-3H3,(H,32,35)/t25-/m0/s1. The predicted molar refractivity (Wildman–Crippen MR) is 141 cm³/mol. The van der Waals surface area contributed by atoms with Gasteiger partial charge in [-0.25, -0.2) is 4.39 Å². The summed E-state index contributed by atoms with van der Waals surface area (Å²) >= 11 is 12.9. The fourth-order valence-electron chi connectivity index (χ4n) is 3.62. The van der Waals surface area contributed by atoms with Crippen molar-refractivity contribution >= 4 is 35.0 Å². The van der Waals surface area contributed by atoms with Crippen LogP contribution in [0.25, 0.3) is 0 Å². The Morgan fingerprint density at radius 3 is 2.14 bits per heavy atom. The molecule has 1 atom stereocenters. The fraction of sp³-hybridized carbons (Fsp3) is 0.286. The Kier molecular flexibility index (Phi) is 9.35. The number of rotatable bonds is 9. The van der Waals surface area contributed by atoms with Gasteiger partial charge in [-0.05, 0) is 62.7 Å². The van der Waals surface area contributed by atoms with Crippen LogP contribution in [0.5, 0.6) is 5.75 Å². The highest BCUT2D eigenvalue weighted by Gasteiger charge is 2.33. The summed E-state index contributed by atoms with van der Waals surface area (Å²) in [6.45, 7) is 5.26. The van der Waals surface area contributed by atoms with Gasteiger partial charge in [0.25, 0.3) is 5.91 Å². The van der Waals surface area contributed by atoms with Crippen LogP contribution in [0.4, 0.5) is 4.39 Å². The molecular formula is C28H29Cl2FN2O3. The molecule has 0 saturated heterocycles. The lowest BCUT2D eigenvalue weighted by molar-refractivity contribution is -0.143. The number of hydrogen-bond acceptors (Lipinski definition) is 3. The van der Waals surface area contributed by atoms with Crippen LogP contribution in [-0.4, -0.2) is 34.9 Å². The van der Waals surface area contributed by atoms with Crippen molar-refractivity contribution in [1.29, 1.82) is 0 Å². The molecule has 0 aromatic heterocycles. The van der Waals surface area contributed by atoms with E-state index in [4.69, 9.17) is 27.9 Å². The molecule has 0 saturated carbocycles. The SMILES string of the molecule is CC(C)(C)NC(=O)[C@H](Cc1ccccc1)N(Cc1c(Cl)cccc1Cl)C(=O)COc1ccc(F)cc1. The zero-order valence-corrected chi connectivity index (χ0v) is 21.9. The summed E-state index contributed by atoms with van der Waals surface area (Å²) in [5, 5.41) is 3.76. The van der Waals surface area contributed by atoms with Crippen LogP contribution >= 0.6 is 23.2 Å². The second-order valence-corrected chi connectivity index (χ2v) is 10.2. The smallest absolute Gasteiger partial charge is 0.261 e. The van der Waals surface area contributed by atoms with Crippen molar-refractivity contribution in [2.24, 2.45) is 0 Å². The van der Waals surface area contributed by atoms with Gasteiger partial charge in [-0.15, -0.1) is 0 Å². The van der Waals surface area contributed by atoms with Crippen LogP contribution in [0.15, 0.2) is 72.8 Å². The Morgan fingerprint density at radius 1 is 0.944 bits per heavy atom. The number of halogens is 3. The summed E-state index contributed by atoms with van der Waals surface area (Å²) in [6.07, 6.45) is 0.271. The maximum atomic E-state index is 13.6. The molecule has 0 spiro atoms. The average Bonchev–Trinajstić information content (AvgIpc) is 2.82. The topological polar surface area (TPSA) is 58.6 Å². The number of amides is 2. The van der Waals surface area contributed by atoms with Gasteiger partial charge in [0.15, 0.2) is 6.61 Å². The van der Waals surface area contributed by atoms with Crippen molar-refractivity contribution in [2.75, 3.05) is 6.61 Å². The Labute approximate surface area is 221 Å². The molecule has 0 aliphatic heterocycles. The maximum absolute atomic E-state index is 13.6. The van der Waals surface area contributed by atoms with Gasteiger partial charge >= 0.3 is 0 Å². The Hall–Kier alpha value is -3.09. The van der Waals surface area contributed by atoms with Crippen LogP contribution in [-0.2, 0) is 22.6 Å². The molecule has 36 heavy (non-hydrogen) atoms. The third kappa shape index (κ3) is 7.97. The molecule has 0 fully saturated rings. The van der Waals surface area contributed by atoms with Gasteiger partial charge in [-0.1, -0.05) is 59.6 Å². The molecule has 0 aliphatic rings. The normalized spacial score (nSPS) is 12.1. The minimum Gasteiger partial charge on any atom is -0.484 e. The molecule has 2 amide bonds. The predicted octanol–water partition coefficient (Wildman–Crippen LogP) is 6.07. The number of carbonyl (C=O) groups is 2. The lowest BCUT2D eigenvalue weighted by Crippen LogP contribution is -2.55. The molecule has 0 unspecified atom stereocenters. The van der Waals surface area contributed by atoms with Gasteiger partial charge in [0, 0.05) is 34.1 Å². The zero-order chi connectivity index (χ0) is 26.3. The molecule has 3 aromatic carbocycles. The van der Waals surface area contributed by atoms with Gasteiger partial charge in [0.05, 0.1) is 0 Å². The van der Waals surface area contributed by atoms with E-state index in [1.807, 2.05) is 51.1 Å². The van der Waals surface area contributed by atoms with Crippen molar-refractivity contribution in [3.63, 3.8) is 0 Å². The van der Waals surface area contributed by atoms with E-state index in [2.05, 4.69) is 5.32 Å². The molecule has 3 rings (SSSR count). The van der Waals surface area contributed by atoms with Gasteiger partial charge in [0.1, 0.15) is 17.6 Å². The van der Waals surface area contributed by atoms with Crippen LogP contribution in [0.2, 0.25) is 10.0 Å². The summed E-state index contributed by atoms with van der Waals surface area (Å²) in [5.74, 6) is -0.838. The molecule has 0 bridgehead atoms. The van der Waals surface area contributed by atoms with E-state index in [0.717, 1.165) is 5.56 Å². The van der Waals surface area contributed by atoms with Crippen molar-refractivity contribution in [3.05, 3.63) is 99.8 Å². The second kappa shape index (κ2) is 12.2. The van der Waals surface area contributed by atoms with Crippen LogP contribution < -0.4 is 10.1 Å². The van der Waals surface area contributed by atoms with Gasteiger partial charge in [-0.3, -0.25) is 9.59 Å².